The highest BCUT2D eigenvalue weighted by molar-refractivity contribution is 5.34. The summed E-state index contributed by atoms with van der Waals surface area (Å²) in [5, 5.41) is 4.19. The molecule has 0 fully saturated rings. The third-order valence-corrected chi connectivity index (χ3v) is 5.87. The lowest BCUT2D eigenvalue weighted by Gasteiger charge is -2.18. The molecular weight excluding hydrogens is 486 g/mol. The summed E-state index contributed by atoms with van der Waals surface area (Å²) in [6, 6.07) is 11.9. The predicted molar refractivity (Wildman–Crippen MR) is 159 cm³/mol. The van der Waals surface area contributed by atoms with Crippen LogP contribution < -0.4 is 9.47 Å². The van der Waals surface area contributed by atoms with Crippen LogP contribution >= 0.6 is 0 Å². The van der Waals surface area contributed by atoms with Crippen molar-refractivity contribution in [2.24, 2.45) is 0 Å². The Kier molecular flexibility index (Phi) is 10.8. The molecule has 4 aromatic heterocycles. The summed E-state index contributed by atoms with van der Waals surface area (Å²) in [7, 11) is 3.29. The van der Waals surface area contributed by atoms with Gasteiger partial charge < -0.3 is 9.47 Å². The van der Waals surface area contributed by atoms with Crippen molar-refractivity contribution in [3.63, 3.8) is 0 Å². The maximum Gasteiger partial charge on any atom is 0.213 e. The molecule has 0 saturated heterocycles. The maximum atomic E-state index is 5.09. The van der Waals surface area contributed by atoms with Crippen molar-refractivity contribution in [3.8, 4) is 17.3 Å². The Morgan fingerprint density at radius 1 is 0.667 bits per heavy atom. The summed E-state index contributed by atoms with van der Waals surface area (Å²) < 4.78 is 11.9. The smallest absolute Gasteiger partial charge is 0.213 e. The van der Waals surface area contributed by atoms with E-state index in [0.29, 0.717) is 5.88 Å². The van der Waals surface area contributed by atoms with E-state index in [0.717, 1.165) is 17.1 Å². The second kappa shape index (κ2) is 13.4. The zero-order chi connectivity index (χ0) is 29.3. The summed E-state index contributed by atoms with van der Waals surface area (Å²) in [4.78, 5) is 12.7. The summed E-state index contributed by atoms with van der Waals surface area (Å²) in [6.07, 6.45) is 11.0. The highest BCUT2D eigenvalue weighted by Crippen LogP contribution is 2.25. The van der Waals surface area contributed by atoms with Crippen molar-refractivity contribution in [1.29, 1.82) is 0 Å². The van der Waals surface area contributed by atoms with Crippen molar-refractivity contribution in [3.05, 3.63) is 90.4 Å². The monoisotopic (exact) mass is 531 g/mol. The molecule has 0 N–H and O–H groups in total. The van der Waals surface area contributed by atoms with Crippen molar-refractivity contribution in [2.45, 2.75) is 78.6 Å². The number of rotatable bonds is 3. The summed E-state index contributed by atoms with van der Waals surface area (Å²) >= 11 is 0. The second-order valence-electron chi connectivity index (χ2n) is 12.3. The van der Waals surface area contributed by atoms with Crippen molar-refractivity contribution in [1.82, 2.24) is 24.7 Å². The number of pyridine rings is 3. The first kappa shape index (κ1) is 31.5. The normalized spacial score (nSPS) is 11.5. The molecule has 0 saturated carbocycles. The molecule has 0 aliphatic carbocycles. The fourth-order valence-corrected chi connectivity index (χ4v) is 3.27. The highest BCUT2D eigenvalue weighted by Gasteiger charge is 2.16. The van der Waals surface area contributed by atoms with Crippen LogP contribution in [0.4, 0.5) is 0 Å². The van der Waals surface area contributed by atoms with Gasteiger partial charge in [0.25, 0.3) is 0 Å². The molecule has 4 aromatic rings. The molecule has 0 aliphatic heterocycles. The maximum absolute atomic E-state index is 5.09. The Hall–Kier alpha value is -3.74. The molecule has 0 aromatic carbocycles. The lowest BCUT2D eigenvalue weighted by molar-refractivity contribution is 0.392. The molecule has 0 aliphatic rings. The number of hydrogen-bond acceptors (Lipinski definition) is 6. The Labute approximate surface area is 234 Å². The lowest BCUT2D eigenvalue weighted by atomic mass is 9.88. The summed E-state index contributed by atoms with van der Waals surface area (Å²) in [5.41, 5.74) is 4.83. The first-order valence-corrected chi connectivity index (χ1v) is 13.1. The standard InChI is InChI=1S/C12H15N3.2C10H15NO/c1-12(2,3)10-7-11(9-13-8-10)15-6-4-5-14-15;1-10(2,3)8-5-9(12-4)7-11-6-8;1-10(2,3)8-6-5-7-9(11-8)12-4/h4-9H,1-3H3;2*5-7H,1-4H3. The van der Waals surface area contributed by atoms with Crippen LogP contribution in [0.2, 0.25) is 0 Å². The van der Waals surface area contributed by atoms with Crippen LogP contribution in [0.3, 0.4) is 0 Å². The molecule has 0 unspecified atom stereocenters. The average Bonchev–Trinajstić information content (AvgIpc) is 3.43. The minimum absolute atomic E-state index is 0.0918. The SMILES string of the molecule is CC(C)(C)c1cncc(-n2cccn2)c1.COc1cccc(C(C)(C)C)n1.COc1cncc(C(C)(C)C)c1. The van der Waals surface area contributed by atoms with Crippen LogP contribution in [0.1, 0.15) is 79.1 Å². The Morgan fingerprint density at radius 2 is 1.28 bits per heavy atom. The van der Waals surface area contributed by atoms with Gasteiger partial charge in [0.1, 0.15) is 5.75 Å². The first-order valence-electron chi connectivity index (χ1n) is 13.1. The van der Waals surface area contributed by atoms with Crippen LogP contribution in [0.5, 0.6) is 11.6 Å². The van der Waals surface area contributed by atoms with Gasteiger partial charge in [-0.05, 0) is 46.2 Å². The molecule has 0 spiro atoms. The Bertz CT molecular complexity index is 1220. The number of ether oxygens (including phenoxy) is 2. The van der Waals surface area contributed by atoms with Gasteiger partial charge in [-0.15, -0.1) is 0 Å². The van der Waals surface area contributed by atoms with E-state index in [1.54, 1.807) is 26.6 Å². The minimum atomic E-state index is 0.0918. The fourth-order valence-electron chi connectivity index (χ4n) is 3.27. The van der Waals surface area contributed by atoms with Crippen LogP contribution in [0.15, 0.2) is 73.6 Å². The molecule has 0 radical (unpaired) electrons. The lowest BCUT2D eigenvalue weighted by Crippen LogP contribution is -2.13. The fraction of sp³-hybridized carbons (Fsp3) is 0.438. The van der Waals surface area contributed by atoms with Crippen LogP contribution in [-0.2, 0) is 16.2 Å². The van der Waals surface area contributed by atoms with Gasteiger partial charge in [-0.25, -0.2) is 9.67 Å². The molecular formula is C32H45N5O2. The van der Waals surface area contributed by atoms with Gasteiger partial charge in [0.2, 0.25) is 5.88 Å². The third-order valence-electron chi connectivity index (χ3n) is 5.87. The van der Waals surface area contributed by atoms with Gasteiger partial charge in [0, 0.05) is 42.0 Å². The quantitative estimate of drug-likeness (QED) is 0.275. The highest BCUT2D eigenvalue weighted by atomic mass is 16.5. The number of methoxy groups -OCH3 is 2. The molecule has 7 nitrogen and oxygen atoms in total. The van der Waals surface area contributed by atoms with E-state index in [1.807, 2.05) is 59.8 Å². The van der Waals surface area contributed by atoms with E-state index in [-0.39, 0.29) is 16.2 Å². The van der Waals surface area contributed by atoms with Gasteiger partial charge in [-0.1, -0.05) is 68.4 Å². The molecule has 0 bridgehead atoms. The van der Waals surface area contributed by atoms with Crippen molar-refractivity contribution >= 4 is 0 Å². The molecule has 210 valence electrons. The van der Waals surface area contributed by atoms with E-state index in [2.05, 4.69) is 88.4 Å². The van der Waals surface area contributed by atoms with Crippen LogP contribution in [-0.4, -0.2) is 39.0 Å². The Morgan fingerprint density at radius 3 is 1.79 bits per heavy atom. The minimum Gasteiger partial charge on any atom is -0.495 e. The van der Waals surface area contributed by atoms with Crippen molar-refractivity contribution in [2.75, 3.05) is 14.2 Å². The van der Waals surface area contributed by atoms with Gasteiger partial charge in [-0.2, -0.15) is 5.10 Å². The second-order valence-corrected chi connectivity index (χ2v) is 12.3. The number of aromatic nitrogens is 5. The zero-order valence-corrected chi connectivity index (χ0v) is 25.5. The molecule has 7 heteroatoms. The van der Waals surface area contributed by atoms with Crippen molar-refractivity contribution < 1.29 is 9.47 Å². The average molecular weight is 532 g/mol. The number of nitrogens with zero attached hydrogens (tertiary/aromatic N) is 5. The predicted octanol–water partition coefficient (Wildman–Crippen LogP) is 7.34. The van der Waals surface area contributed by atoms with Gasteiger partial charge in [0.15, 0.2) is 0 Å². The zero-order valence-electron chi connectivity index (χ0n) is 25.5. The molecule has 4 heterocycles. The molecule has 39 heavy (non-hydrogen) atoms. The largest absolute Gasteiger partial charge is 0.495 e. The van der Waals surface area contributed by atoms with E-state index in [9.17, 15) is 0 Å². The first-order chi connectivity index (χ1) is 18.1. The van der Waals surface area contributed by atoms with E-state index in [4.69, 9.17) is 9.47 Å². The summed E-state index contributed by atoms with van der Waals surface area (Å²) in [5.74, 6) is 1.50. The molecule has 0 amide bonds. The molecule has 4 rings (SSSR count). The Balaban J connectivity index is 0.000000207. The topological polar surface area (TPSA) is 75.0 Å². The van der Waals surface area contributed by atoms with Gasteiger partial charge in [-0.3, -0.25) is 9.97 Å². The van der Waals surface area contributed by atoms with Crippen LogP contribution in [0.25, 0.3) is 5.69 Å². The molecule has 0 atom stereocenters. The van der Waals surface area contributed by atoms with E-state index in [1.165, 1.54) is 11.1 Å². The number of hydrogen-bond donors (Lipinski definition) is 0. The van der Waals surface area contributed by atoms with Gasteiger partial charge >= 0.3 is 0 Å². The van der Waals surface area contributed by atoms with Crippen LogP contribution in [0, 0.1) is 0 Å². The van der Waals surface area contributed by atoms with E-state index >= 15 is 0 Å². The third kappa shape index (κ3) is 10.2. The summed E-state index contributed by atoms with van der Waals surface area (Å²) in [6.45, 7) is 19.4. The van der Waals surface area contributed by atoms with E-state index < -0.39 is 0 Å². The van der Waals surface area contributed by atoms with Gasteiger partial charge in [0.05, 0.1) is 32.3 Å².